The predicted octanol–water partition coefficient (Wildman–Crippen LogP) is 15.7. The summed E-state index contributed by atoms with van der Waals surface area (Å²) in [6, 6.07) is 0. The molecule has 0 aromatic carbocycles. The summed E-state index contributed by atoms with van der Waals surface area (Å²) in [6.07, 6.45) is 50.2. The maximum atomic E-state index is 10.0. The van der Waals surface area contributed by atoms with E-state index in [9.17, 15) is 58.8 Å². The van der Waals surface area contributed by atoms with Gasteiger partial charge in [-0.1, -0.05) is 274 Å². The molecule has 0 rings (SSSR count). The molecule has 19 heteroatoms. The minimum atomic E-state index is -0.920. The van der Waals surface area contributed by atoms with Crippen molar-refractivity contribution >= 4 is 47.8 Å². The number of carboxylic acid groups (broad SMARTS) is 8. The van der Waals surface area contributed by atoms with Gasteiger partial charge in [-0.3, -0.25) is 19.2 Å². The van der Waals surface area contributed by atoms with Crippen LogP contribution in [0, 0.1) is 0 Å². The predicted molar refractivity (Wildman–Crippen MR) is 360 cm³/mol. The molecule has 0 amide bonds. The molecular weight excluding hydrogens is 1250 g/mol. The Bertz CT molecular complexity index is 1140. The Morgan fingerprint density at radius 2 is 0.385 bits per heavy atom. The van der Waals surface area contributed by atoms with Crippen LogP contribution in [0.1, 0.15) is 396 Å². The van der Waals surface area contributed by atoms with Crippen LogP contribution < -0.4 is 20.4 Å². The summed E-state index contributed by atoms with van der Waals surface area (Å²) in [5.41, 5.74) is 0. The van der Waals surface area contributed by atoms with Gasteiger partial charge in [0.25, 0.3) is 0 Å². The van der Waals surface area contributed by atoms with Crippen LogP contribution in [0.2, 0.25) is 0 Å². The van der Waals surface area contributed by atoms with Gasteiger partial charge in [0.15, 0.2) is 0 Å². The molecule has 1 radical (unpaired) electrons. The van der Waals surface area contributed by atoms with E-state index < -0.39 is 47.8 Å². The van der Waals surface area contributed by atoms with Crippen molar-refractivity contribution in [2.24, 2.45) is 0 Å². The zero-order valence-corrected chi connectivity index (χ0v) is 62.1. The Kier molecular flexibility index (Phi) is 129. The number of ether oxygens (including phenoxy) is 1. The van der Waals surface area contributed by atoms with Crippen molar-refractivity contribution in [3.8, 4) is 0 Å². The molecule has 0 aliphatic carbocycles. The van der Waals surface area contributed by atoms with E-state index >= 15 is 0 Å². The van der Waals surface area contributed by atoms with E-state index in [0.717, 1.165) is 161 Å². The van der Waals surface area contributed by atoms with E-state index in [1.54, 1.807) is 0 Å². The van der Waals surface area contributed by atoms with E-state index in [1.807, 2.05) is 0 Å². The number of hydrogen-bond donors (Lipinski definition) is 5. The van der Waals surface area contributed by atoms with Crippen LogP contribution in [0.4, 0.5) is 0 Å². The Morgan fingerprint density at radius 1 is 0.231 bits per heavy atom. The van der Waals surface area contributed by atoms with Gasteiger partial charge in [-0.05, 0) is 96.3 Å². The van der Waals surface area contributed by atoms with E-state index in [2.05, 4.69) is 62.3 Å². The topological polar surface area (TPSA) is 339 Å². The SMILES string of the molecule is CCCCCCCC(=O)O.CCCCCCCC(=O)O.CCCCCCCC(=O)O.CCCCCCCC(=O)O.CCCCCCCC(=O)[O-].CCCCCCCC(=O)[O-].CCCCCCCC(=O)[O-].CCCCCCCC(=O)[O-].CCCCOCCCCO.[Nb]. The number of rotatable bonds is 55. The molecular formula is C72H142NbO18-4. The Morgan fingerprint density at radius 3 is 0.527 bits per heavy atom. The first-order chi connectivity index (χ1) is 43.1. The third kappa shape index (κ3) is 174. The van der Waals surface area contributed by atoms with E-state index in [4.69, 9.17) is 30.3 Å². The van der Waals surface area contributed by atoms with E-state index in [-0.39, 0.29) is 54.7 Å². The van der Waals surface area contributed by atoms with Crippen LogP contribution in [-0.2, 0) is 65.5 Å². The zero-order valence-electron chi connectivity index (χ0n) is 59.9. The summed E-state index contributed by atoms with van der Waals surface area (Å²) in [7, 11) is 0. The molecule has 547 valence electrons. The quantitative estimate of drug-likeness (QED) is 0.0279. The third-order valence-corrected chi connectivity index (χ3v) is 13.3. The van der Waals surface area contributed by atoms with Crippen molar-refractivity contribution in [3.05, 3.63) is 0 Å². The fourth-order valence-corrected chi connectivity index (χ4v) is 7.68. The van der Waals surface area contributed by atoms with Gasteiger partial charge in [0.1, 0.15) is 0 Å². The minimum absolute atomic E-state index is 0. The molecule has 0 aromatic heterocycles. The van der Waals surface area contributed by atoms with Crippen LogP contribution in [0.3, 0.4) is 0 Å². The molecule has 0 aromatic rings. The average molecular weight is 1390 g/mol. The second-order valence-electron chi connectivity index (χ2n) is 22.8. The maximum absolute atomic E-state index is 10.0. The van der Waals surface area contributed by atoms with Gasteiger partial charge in [-0.25, -0.2) is 0 Å². The first-order valence-corrected chi connectivity index (χ1v) is 35.9. The molecule has 0 bridgehead atoms. The van der Waals surface area contributed by atoms with Gasteiger partial charge >= 0.3 is 23.9 Å². The molecule has 0 aliphatic heterocycles. The van der Waals surface area contributed by atoms with Gasteiger partial charge in [0, 0.05) is 91.8 Å². The summed E-state index contributed by atoms with van der Waals surface area (Å²) >= 11 is 0. The Hall–Kier alpha value is -3.58. The molecule has 0 spiro atoms. The van der Waals surface area contributed by atoms with Crippen LogP contribution in [0.15, 0.2) is 0 Å². The molecule has 0 heterocycles. The fourth-order valence-electron chi connectivity index (χ4n) is 7.68. The number of hydrogen-bond acceptors (Lipinski definition) is 14. The number of aliphatic carboxylic acids is 8. The second kappa shape index (κ2) is 108. The van der Waals surface area contributed by atoms with Crippen molar-refractivity contribution in [2.75, 3.05) is 19.8 Å². The summed E-state index contributed by atoms with van der Waals surface area (Å²) in [5.74, 6) is -6.36. The smallest absolute Gasteiger partial charge is 0.303 e. The average Bonchev–Trinajstić information content (AvgIpc) is 3.48. The Balaban J connectivity index is -0.000000101. The molecule has 0 saturated heterocycles. The first kappa shape index (κ1) is 109. The monoisotopic (exact) mass is 1390 g/mol. The number of carbonyl (C=O) groups is 8. The summed E-state index contributed by atoms with van der Waals surface area (Å²) in [6.45, 7) is 21.3. The van der Waals surface area contributed by atoms with E-state index in [0.29, 0.717) is 25.7 Å². The summed E-state index contributed by atoms with van der Waals surface area (Å²) < 4.78 is 5.26. The van der Waals surface area contributed by atoms with Crippen LogP contribution in [0.25, 0.3) is 0 Å². The number of carboxylic acids is 8. The number of aliphatic hydroxyl groups is 1. The summed E-state index contributed by atoms with van der Waals surface area (Å²) in [4.78, 5) is 79.8. The molecule has 5 N–H and O–H groups in total. The maximum Gasteiger partial charge on any atom is 0.303 e. The number of aliphatic hydroxyl groups excluding tert-OH is 1. The van der Waals surface area contributed by atoms with Gasteiger partial charge in [0.2, 0.25) is 0 Å². The van der Waals surface area contributed by atoms with Crippen LogP contribution in [-0.4, -0.2) is 93.1 Å². The molecule has 0 unspecified atom stereocenters. The fraction of sp³-hybridized carbons (Fsp3) is 0.889. The number of carbonyl (C=O) groups excluding carboxylic acids is 4. The zero-order chi connectivity index (χ0) is 70.2. The molecule has 0 aliphatic rings. The minimum Gasteiger partial charge on any atom is -0.550 e. The third-order valence-electron chi connectivity index (χ3n) is 13.3. The summed E-state index contributed by atoms with van der Waals surface area (Å²) in [5, 5.41) is 81.2. The van der Waals surface area contributed by atoms with Gasteiger partial charge in [0.05, 0.1) is 0 Å². The van der Waals surface area contributed by atoms with Gasteiger partial charge in [-0.2, -0.15) is 0 Å². The number of unbranched alkanes of at least 4 members (excludes halogenated alkanes) is 34. The van der Waals surface area contributed by atoms with Crippen LogP contribution >= 0.6 is 0 Å². The van der Waals surface area contributed by atoms with Crippen LogP contribution in [0.5, 0.6) is 0 Å². The van der Waals surface area contributed by atoms with Crippen molar-refractivity contribution in [3.63, 3.8) is 0 Å². The normalized spacial score (nSPS) is 9.65. The van der Waals surface area contributed by atoms with Crippen molar-refractivity contribution in [1.82, 2.24) is 0 Å². The Labute approximate surface area is 572 Å². The van der Waals surface area contributed by atoms with Crippen molar-refractivity contribution in [2.45, 2.75) is 396 Å². The van der Waals surface area contributed by atoms with Crippen molar-refractivity contribution < 1.29 is 111 Å². The molecule has 0 saturated carbocycles. The second-order valence-corrected chi connectivity index (χ2v) is 22.8. The largest absolute Gasteiger partial charge is 0.550 e. The van der Waals surface area contributed by atoms with Gasteiger partial charge in [-0.15, -0.1) is 0 Å². The first-order valence-electron chi connectivity index (χ1n) is 35.9. The van der Waals surface area contributed by atoms with E-state index in [1.165, 1.54) is 135 Å². The van der Waals surface area contributed by atoms with Crippen molar-refractivity contribution in [1.29, 1.82) is 0 Å². The molecule has 18 nitrogen and oxygen atoms in total. The van der Waals surface area contributed by atoms with Gasteiger partial charge < -0.3 is 69.9 Å². The molecule has 0 atom stereocenters. The molecule has 91 heavy (non-hydrogen) atoms. The molecule has 0 fully saturated rings. The standard InChI is InChI=1S/C8H18O2.8C8H16O2.Nb/c1-2-3-7-10-8-5-4-6-9;8*1-2-3-4-5-6-7-8(9)10;/h9H,2-8H2,1H3;8*2-7H2,1H3,(H,9,10);/p-4.